The summed E-state index contributed by atoms with van der Waals surface area (Å²) in [5.41, 5.74) is 0.430. The van der Waals surface area contributed by atoms with Gasteiger partial charge in [0, 0.05) is 10.8 Å². The molecule has 2 aromatic rings. The summed E-state index contributed by atoms with van der Waals surface area (Å²) in [7, 11) is 0. The fourth-order valence-electron chi connectivity index (χ4n) is 1.01. The normalized spacial score (nSPS) is 10.2. The Hall–Kier alpha value is -1.64. The van der Waals surface area contributed by atoms with E-state index in [4.69, 9.17) is 4.42 Å². The number of hydrogen-bond donors (Lipinski definition) is 0. The Morgan fingerprint density at radius 1 is 1.18 bits per heavy atom. The summed E-state index contributed by atoms with van der Waals surface area (Å²) >= 11 is 0. The molecule has 0 spiro atoms. The maximum Gasteiger partial charge on any atom is 0.108 e. The molecule has 1 aromatic heterocycles. The molecule has 0 amide bonds. The third kappa shape index (κ3) is 0.902. The quantitative estimate of drug-likeness (QED) is 0.582. The molecule has 0 radical (unpaired) electrons. The van der Waals surface area contributed by atoms with E-state index < -0.39 is 0 Å². The average molecular weight is 147 g/mol. The molecule has 0 bridgehead atoms. The Bertz CT molecular complexity index is 392. The molecule has 1 aromatic carbocycles. The number of rotatable bonds is 1. The third-order valence-corrected chi connectivity index (χ3v) is 1.57. The van der Waals surface area contributed by atoms with Gasteiger partial charge in [-0.3, -0.25) is 0 Å². The first-order valence-electron chi connectivity index (χ1n) is 3.19. The molecule has 0 N–H and O–H groups in total. The molecule has 0 aliphatic carbocycles. The Morgan fingerprint density at radius 3 is 2.82 bits per heavy atom. The van der Waals surface area contributed by atoms with Crippen LogP contribution in [-0.4, -0.2) is 0 Å². The van der Waals surface area contributed by atoms with Crippen molar-refractivity contribution in [3.63, 3.8) is 0 Å². The lowest BCUT2D eigenvalue weighted by atomic mass is 10.2. The van der Waals surface area contributed by atoms with Gasteiger partial charge in [0.15, 0.2) is 0 Å². The topological polar surface area (TPSA) is 42.6 Å². The number of hydrogen-bond acceptors (Lipinski definition) is 3. The number of nitroso groups, excluding NO2 is 1. The van der Waals surface area contributed by atoms with Crippen molar-refractivity contribution in [2.45, 2.75) is 0 Å². The van der Waals surface area contributed by atoms with Crippen molar-refractivity contribution >= 4 is 16.5 Å². The first kappa shape index (κ1) is 6.09. The molecule has 1 heterocycles. The van der Waals surface area contributed by atoms with Gasteiger partial charge in [-0.15, -0.1) is 4.91 Å². The van der Waals surface area contributed by atoms with E-state index in [-0.39, 0.29) is 0 Å². The average Bonchev–Trinajstić information content (AvgIpc) is 2.50. The molecular formula is C8H5NO2. The van der Waals surface area contributed by atoms with Crippen LogP contribution in [0.25, 0.3) is 10.8 Å². The summed E-state index contributed by atoms with van der Waals surface area (Å²) in [6, 6.07) is 5.15. The molecule has 3 heteroatoms. The molecule has 0 fully saturated rings. The molecule has 54 valence electrons. The molecule has 0 unspecified atom stereocenters. The number of fused-ring (bicyclic) bond motifs is 1. The lowest BCUT2D eigenvalue weighted by Gasteiger charge is -1.86. The van der Waals surface area contributed by atoms with Gasteiger partial charge in [0.2, 0.25) is 0 Å². The maximum atomic E-state index is 10.1. The van der Waals surface area contributed by atoms with Gasteiger partial charge in [0.1, 0.15) is 5.69 Å². The highest BCUT2D eigenvalue weighted by molar-refractivity contribution is 5.83. The zero-order valence-electron chi connectivity index (χ0n) is 5.65. The molecule has 3 nitrogen and oxygen atoms in total. The van der Waals surface area contributed by atoms with E-state index in [1.165, 1.54) is 0 Å². The first-order chi connectivity index (χ1) is 5.40. The van der Waals surface area contributed by atoms with Gasteiger partial charge in [0.25, 0.3) is 0 Å². The Labute approximate surface area is 62.6 Å². The van der Waals surface area contributed by atoms with E-state index in [9.17, 15) is 4.91 Å². The van der Waals surface area contributed by atoms with E-state index >= 15 is 0 Å². The fourth-order valence-corrected chi connectivity index (χ4v) is 1.01. The summed E-state index contributed by atoms with van der Waals surface area (Å²) in [6.45, 7) is 0. The van der Waals surface area contributed by atoms with Gasteiger partial charge in [0.05, 0.1) is 12.5 Å². The SMILES string of the molecule is O=Nc1ccc2cocc2c1. The van der Waals surface area contributed by atoms with E-state index in [0.717, 1.165) is 10.8 Å². The van der Waals surface area contributed by atoms with Crippen LogP contribution in [0.15, 0.2) is 40.3 Å². The van der Waals surface area contributed by atoms with Crippen LogP contribution in [0, 0.1) is 4.91 Å². The van der Waals surface area contributed by atoms with Crippen LogP contribution in [0.3, 0.4) is 0 Å². The molecule has 0 aliphatic heterocycles. The van der Waals surface area contributed by atoms with Crippen molar-refractivity contribution in [2.75, 3.05) is 0 Å². The van der Waals surface area contributed by atoms with Crippen LogP contribution >= 0.6 is 0 Å². The Morgan fingerprint density at radius 2 is 2.00 bits per heavy atom. The second-order valence-corrected chi connectivity index (χ2v) is 2.28. The minimum Gasteiger partial charge on any atom is -0.471 e. The Kier molecular flexibility index (Phi) is 1.22. The van der Waals surface area contributed by atoms with Gasteiger partial charge < -0.3 is 4.42 Å². The lowest BCUT2D eigenvalue weighted by molar-refractivity contribution is 0.572. The van der Waals surface area contributed by atoms with Gasteiger partial charge in [-0.2, -0.15) is 0 Å². The van der Waals surface area contributed by atoms with Gasteiger partial charge in [-0.25, -0.2) is 0 Å². The zero-order valence-corrected chi connectivity index (χ0v) is 5.65. The van der Waals surface area contributed by atoms with E-state index in [1.807, 2.05) is 0 Å². The summed E-state index contributed by atoms with van der Waals surface area (Å²) < 4.78 is 4.92. The standard InChI is InChI=1S/C8H5NO2/c10-9-8-2-1-6-4-11-5-7(6)3-8/h1-5H. The molecule has 2 rings (SSSR count). The third-order valence-electron chi connectivity index (χ3n) is 1.57. The molecular weight excluding hydrogens is 142 g/mol. The van der Waals surface area contributed by atoms with Crippen LogP contribution in [-0.2, 0) is 0 Å². The monoisotopic (exact) mass is 147 g/mol. The smallest absolute Gasteiger partial charge is 0.108 e. The highest BCUT2D eigenvalue weighted by Gasteiger charge is 1.96. The van der Waals surface area contributed by atoms with Crippen molar-refractivity contribution in [3.8, 4) is 0 Å². The molecule has 11 heavy (non-hydrogen) atoms. The lowest BCUT2D eigenvalue weighted by Crippen LogP contribution is -1.62. The highest BCUT2D eigenvalue weighted by atomic mass is 16.3. The predicted octanol–water partition coefficient (Wildman–Crippen LogP) is 2.83. The Balaban J connectivity index is 2.76. The van der Waals surface area contributed by atoms with Gasteiger partial charge >= 0.3 is 0 Å². The molecule has 0 atom stereocenters. The largest absolute Gasteiger partial charge is 0.471 e. The van der Waals surface area contributed by atoms with E-state index in [0.29, 0.717) is 5.69 Å². The van der Waals surface area contributed by atoms with Gasteiger partial charge in [-0.05, 0) is 23.4 Å². The van der Waals surface area contributed by atoms with E-state index in [2.05, 4.69) is 5.18 Å². The highest BCUT2D eigenvalue weighted by Crippen LogP contribution is 2.21. The van der Waals surface area contributed by atoms with Crippen LogP contribution in [0.2, 0.25) is 0 Å². The number of nitrogens with zero attached hydrogens (tertiary/aromatic N) is 1. The number of benzene rings is 1. The molecule has 0 saturated heterocycles. The second kappa shape index (κ2) is 2.20. The minimum absolute atomic E-state index is 0.430. The second-order valence-electron chi connectivity index (χ2n) is 2.28. The van der Waals surface area contributed by atoms with Crippen LogP contribution in [0.5, 0.6) is 0 Å². The van der Waals surface area contributed by atoms with Crippen LogP contribution in [0.4, 0.5) is 5.69 Å². The van der Waals surface area contributed by atoms with Crippen molar-refractivity contribution in [1.29, 1.82) is 0 Å². The van der Waals surface area contributed by atoms with Crippen LogP contribution in [0.1, 0.15) is 0 Å². The fraction of sp³-hybridized carbons (Fsp3) is 0. The summed E-state index contributed by atoms with van der Waals surface area (Å²) in [5, 5.41) is 4.70. The molecule has 0 aliphatic rings. The molecule has 0 saturated carbocycles. The summed E-state index contributed by atoms with van der Waals surface area (Å²) in [4.78, 5) is 10.1. The predicted molar refractivity (Wildman–Crippen MR) is 41.7 cm³/mol. The van der Waals surface area contributed by atoms with Crippen molar-refractivity contribution in [1.82, 2.24) is 0 Å². The number of furan rings is 1. The van der Waals surface area contributed by atoms with Crippen molar-refractivity contribution in [3.05, 3.63) is 35.6 Å². The van der Waals surface area contributed by atoms with Crippen molar-refractivity contribution in [2.24, 2.45) is 5.18 Å². The van der Waals surface area contributed by atoms with Crippen LogP contribution < -0.4 is 0 Å². The maximum absolute atomic E-state index is 10.1. The van der Waals surface area contributed by atoms with E-state index in [1.54, 1.807) is 30.7 Å². The zero-order chi connectivity index (χ0) is 7.68. The first-order valence-corrected chi connectivity index (χ1v) is 3.19. The summed E-state index contributed by atoms with van der Waals surface area (Å²) in [5.74, 6) is 0. The van der Waals surface area contributed by atoms with Gasteiger partial charge in [-0.1, -0.05) is 0 Å². The van der Waals surface area contributed by atoms with Crippen molar-refractivity contribution < 1.29 is 4.42 Å². The summed E-state index contributed by atoms with van der Waals surface area (Å²) in [6.07, 6.45) is 3.22. The minimum atomic E-state index is 0.430.